The Kier molecular flexibility index (Phi) is 2.33. The van der Waals surface area contributed by atoms with Crippen LogP contribution in [0.25, 0.3) is 11.0 Å². The number of carbonyl (C=O) groups is 1. The minimum absolute atomic E-state index is 0.247. The molecule has 2 N–H and O–H groups in total. The Morgan fingerprint density at radius 1 is 1.44 bits per heavy atom. The van der Waals surface area contributed by atoms with Gasteiger partial charge < -0.3 is 10.1 Å². The van der Waals surface area contributed by atoms with E-state index in [1.807, 2.05) is 12.3 Å². The smallest absolute Gasteiger partial charge is 0.335 e. The van der Waals surface area contributed by atoms with Gasteiger partial charge in [-0.05, 0) is 24.3 Å². The van der Waals surface area contributed by atoms with Crippen molar-refractivity contribution in [1.29, 1.82) is 0 Å². The summed E-state index contributed by atoms with van der Waals surface area (Å²) in [7, 11) is 0. The van der Waals surface area contributed by atoms with E-state index in [-0.39, 0.29) is 5.56 Å². The first-order valence-corrected chi connectivity index (χ1v) is 5.42. The number of carboxylic acid groups (broad SMARTS) is 1. The van der Waals surface area contributed by atoms with Crippen LogP contribution in [0.1, 0.15) is 16.2 Å². The van der Waals surface area contributed by atoms with Crippen molar-refractivity contribution in [2.45, 2.75) is 6.54 Å². The average molecular weight is 242 g/mol. The highest BCUT2D eigenvalue weighted by Gasteiger charge is 2.07. The Morgan fingerprint density at radius 2 is 2.33 bits per heavy atom. The van der Waals surface area contributed by atoms with Crippen LogP contribution in [0.3, 0.4) is 0 Å². The maximum atomic E-state index is 10.9. The van der Waals surface area contributed by atoms with Crippen molar-refractivity contribution in [2.24, 2.45) is 0 Å². The molecule has 3 rings (SSSR count). The number of carboxylic acids is 1. The van der Waals surface area contributed by atoms with Gasteiger partial charge in [0.15, 0.2) is 0 Å². The van der Waals surface area contributed by atoms with E-state index < -0.39 is 5.97 Å². The van der Waals surface area contributed by atoms with Crippen LogP contribution in [-0.2, 0) is 6.54 Å². The van der Waals surface area contributed by atoms with Gasteiger partial charge in [0.05, 0.1) is 23.1 Å². The van der Waals surface area contributed by atoms with Crippen LogP contribution in [0.2, 0.25) is 0 Å². The quantitative estimate of drug-likeness (QED) is 0.729. The fourth-order valence-corrected chi connectivity index (χ4v) is 1.82. The van der Waals surface area contributed by atoms with Crippen molar-refractivity contribution in [3.63, 3.8) is 0 Å². The monoisotopic (exact) mass is 242 g/mol. The van der Waals surface area contributed by atoms with Gasteiger partial charge in [-0.25, -0.2) is 9.78 Å². The van der Waals surface area contributed by atoms with E-state index in [9.17, 15) is 4.79 Å². The summed E-state index contributed by atoms with van der Waals surface area (Å²) in [4.78, 5) is 18.3. The number of aromatic nitrogens is 4. The Hall–Kier alpha value is -2.63. The van der Waals surface area contributed by atoms with Crippen molar-refractivity contribution in [2.75, 3.05) is 0 Å². The van der Waals surface area contributed by atoms with Gasteiger partial charge in [-0.1, -0.05) is 0 Å². The molecular formula is C12H10N4O2. The van der Waals surface area contributed by atoms with E-state index in [1.54, 1.807) is 29.1 Å². The van der Waals surface area contributed by atoms with Crippen molar-refractivity contribution in [3.05, 3.63) is 48.0 Å². The summed E-state index contributed by atoms with van der Waals surface area (Å²) in [6, 6.07) is 6.66. The van der Waals surface area contributed by atoms with E-state index in [0.29, 0.717) is 6.54 Å². The van der Waals surface area contributed by atoms with Crippen LogP contribution in [0.5, 0.6) is 0 Å². The number of rotatable bonds is 3. The first-order chi connectivity index (χ1) is 8.72. The molecule has 0 aliphatic rings. The summed E-state index contributed by atoms with van der Waals surface area (Å²) < 4.78 is 1.75. The highest BCUT2D eigenvalue weighted by atomic mass is 16.4. The molecule has 0 saturated carbocycles. The zero-order chi connectivity index (χ0) is 12.5. The van der Waals surface area contributed by atoms with Gasteiger partial charge in [-0.3, -0.25) is 4.68 Å². The van der Waals surface area contributed by atoms with Crippen LogP contribution in [0.4, 0.5) is 0 Å². The molecule has 6 heteroatoms. The largest absolute Gasteiger partial charge is 0.478 e. The summed E-state index contributed by atoms with van der Waals surface area (Å²) in [6.07, 6.45) is 3.54. The van der Waals surface area contributed by atoms with Gasteiger partial charge in [-0.2, -0.15) is 5.10 Å². The molecule has 90 valence electrons. The van der Waals surface area contributed by atoms with Crippen LogP contribution < -0.4 is 0 Å². The Bertz CT molecular complexity index is 700. The van der Waals surface area contributed by atoms with Gasteiger partial charge in [-0.15, -0.1) is 0 Å². The molecule has 6 nitrogen and oxygen atoms in total. The lowest BCUT2D eigenvalue weighted by Crippen LogP contribution is -2.01. The molecular weight excluding hydrogens is 232 g/mol. The SMILES string of the molecule is O=C(O)c1ccc2nc(Cn3cccn3)[nH]c2c1. The Labute approximate surface area is 102 Å². The van der Waals surface area contributed by atoms with Crippen LogP contribution in [0, 0.1) is 0 Å². The van der Waals surface area contributed by atoms with E-state index in [0.717, 1.165) is 16.9 Å². The molecule has 0 amide bonds. The molecule has 2 aromatic heterocycles. The summed E-state index contributed by atoms with van der Waals surface area (Å²) in [5, 5.41) is 13.0. The standard InChI is InChI=1S/C12H10N4O2/c17-12(18)8-2-3-9-10(6-8)15-11(14-9)7-16-5-1-4-13-16/h1-6H,7H2,(H,14,15)(H,17,18). The van der Waals surface area contributed by atoms with E-state index in [1.165, 1.54) is 0 Å². The summed E-state index contributed by atoms with van der Waals surface area (Å²) in [6.45, 7) is 0.532. The molecule has 0 fully saturated rings. The molecule has 1 aromatic carbocycles. The first-order valence-electron chi connectivity index (χ1n) is 5.42. The molecule has 3 aromatic rings. The van der Waals surface area contributed by atoms with Crippen molar-refractivity contribution in [3.8, 4) is 0 Å². The molecule has 0 atom stereocenters. The van der Waals surface area contributed by atoms with Crippen LogP contribution in [-0.4, -0.2) is 30.8 Å². The topological polar surface area (TPSA) is 83.8 Å². The number of aromatic amines is 1. The second-order valence-corrected chi connectivity index (χ2v) is 3.92. The Morgan fingerprint density at radius 3 is 3.06 bits per heavy atom. The molecule has 0 spiro atoms. The number of nitrogens with zero attached hydrogens (tertiary/aromatic N) is 3. The lowest BCUT2D eigenvalue weighted by atomic mass is 10.2. The summed E-state index contributed by atoms with van der Waals surface area (Å²) in [5.74, 6) is -0.198. The normalized spacial score (nSPS) is 10.9. The fourth-order valence-electron chi connectivity index (χ4n) is 1.82. The number of hydrogen-bond acceptors (Lipinski definition) is 3. The van der Waals surface area contributed by atoms with Crippen LogP contribution >= 0.6 is 0 Å². The molecule has 18 heavy (non-hydrogen) atoms. The molecule has 0 aliphatic carbocycles. The second-order valence-electron chi connectivity index (χ2n) is 3.92. The van der Waals surface area contributed by atoms with Gasteiger partial charge in [0.2, 0.25) is 0 Å². The highest BCUT2D eigenvalue weighted by molar-refractivity contribution is 5.92. The number of hydrogen-bond donors (Lipinski definition) is 2. The summed E-state index contributed by atoms with van der Waals surface area (Å²) >= 11 is 0. The van der Waals surface area contributed by atoms with Crippen molar-refractivity contribution < 1.29 is 9.90 Å². The van der Waals surface area contributed by atoms with Crippen molar-refractivity contribution in [1.82, 2.24) is 19.7 Å². The third-order valence-corrected chi connectivity index (χ3v) is 2.65. The highest BCUT2D eigenvalue weighted by Crippen LogP contribution is 2.14. The third kappa shape index (κ3) is 1.84. The lowest BCUT2D eigenvalue weighted by molar-refractivity contribution is 0.0697. The summed E-state index contributed by atoms with van der Waals surface area (Å²) in [5.41, 5.74) is 1.72. The molecule has 0 saturated heterocycles. The maximum absolute atomic E-state index is 10.9. The zero-order valence-electron chi connectivity index (χ0n) is 9.37. The molecule has 2 heterocycles. The fraction of sp³-hybridized carbons (Fsp3) is 0.0833. The molecule has 0 unspecified atom stereocenters. The molecule has 0 radical (unpaired) electrons. The van der Waals surface area contributed by atoms with E-state index >= 15 is 0 Å². The van der Waals surface area contributed by atoms with Gasteiger partial charge in [0, 0.05) is 12.4 Å². The van der Waals surface area contributed by atoms with Crippen molar-refractivity contribution >= 4 is 17.0 Å². The minimum atomic E-state index is -0.944. The van der Waals surface area contributed by atoms with Gasteiger partial charge in [0.1, 0.15) is 5.82 Å². The number of fused-ring (bicyclic) bond motifs is 1. The Balaban J connectivity index is 1.98. The average Bonchev–Trinajstić information content (AvgIpc) is 2.96. The van der Waals surface area contributed by atoms with Gasteiger partial charge in [0.25, 0.3) is 0 Å². The number of imidazole rings is 1. The number of nitrogens with one attached hydrogen (secondary N) is 1. The second kappa shape index (κ2) is 3.99. The minimum Gasteiger partial charge on any atom is -0.478 e. The first kappa shape index (κ1) is 10.5. The molecule has 0 aliphatic heterocycles. The van der Waals surface area contributed by atoms with E-state index in [2.05, 4.69) is 15.1 Å². The predicted molar refractivity (Wildman–Crippen MR) is 64.4 cm³/mol. The number of benzene rings is 1. The third-order valence-electron chi connectivity index (χ3n) is 2.65. The lowest BCUT2D eigenvalue weighted by Gasteiger charge is -1.95. The number of H-pyrrole nitrogens is 1. The van der Waals surface area contributed by atoms with Gasteiger partial charge >= 0.3 is 5.97 Å². The predicted octanol–water partition coefficient (Wildman–Crippen LogP) is 1.51. The van der Waals surface area contributed by atoms with E-state index in [4.69, 9.17) is 5.11 Å². The molecule has 0 bridgehead atoms. The maximum Gasteiger partial charge on any atom is 0.335 e. The number of aromatic carboxylic acids is 1. The zero-order valence-corrected chi connectivity index (χ0v) is 9.37. The van der Waals surface area contributed by atoms with Crippen LogP contribution in [0.15, 0.2) is 36.7 Å².